The van der Waals surface area contributed by atoms with Crippen molar-refractivity contribution in [1.29, 1.82) is 0 Å². The molecule has 1 unspecified atom stereocenters. The molecule has 27 heavy (non-hydrogen) atoms. The fourth-order valence-corrected chi connectivity index (χ4v) is 3.41. The van der Waals surface area contributed by atoms with E-state index in [0.717, 1.165) is 20.5 Å². The number of hydrogen-bond acceptors (Lipinski definition) is 5. The zero-order valence-corrected chi connectivity index (χ0v) is 18.7. The highest BCUT2D eigenvalue weighted by Crippen LogP contribution is 2.35. The Balaban J connectivity index is 0.000000445. The largest absolute Gasteiger partial charge is 0.392 e. The van der Waals surface area contributed by atoms with Crippen LogP contribution in [0.1, 0.15) is 42.3 Å². The van der Waals surface area contributed by atoms with E-state index in [2.05, 4.69) is 20.9 Å². The predicted octanol–water partition coefficient (Wildman–Crippen LogP) is 3.90. The van der Waals surface area contributed by atoms with Crippen molar-refractivity contribution in [3.8, 4) is 0 Å². The first-order valence-corrected chi connectivity index (χ1v) is 10.6. The van der Waals surface area contributed by atoms with Crippen molar-refractivity contribution in [3.63, 3.8) is 0 Å². The molecule has 1 aromatic heterocycles. The summed E-state index contributed by atoms with van der Waals surface area (Å²) in [5.74, 6) is -0.488. The van der Waals surface area contributed by atoms with Crippen molar-refractivity contribution in [2.24, 2.45) is 5.73 Å². The number of pyridine rings is 1. The first-order valence-electron chi connectivity index (χ1n) is 7.91. The normalized spacial score (nSPS) is 12.1. The number of benzene rings is 1. The minimum absolute atomic E-state index is 0.0995. The molecule has 0 saturated heterocycles. The van der Waals surface area contributed by atoms with Crippen molar-refractivity contribution in [2.45, 2.75) is 49.0 Å². The smallest absolute Gasteiger partial charge is 0.249 e. The first kappa shape index (κ1) is 23.8. The minimum atomic E-state index is -1.68. The van der Waals surface area contributed by atoms with Crippen LogP contribution in [0, 0.1) is 6.92 Å². The van der Waals surface area contributed by atoms with E-state index in [1.165, 1.54) is 11.8 Å². The van der Waals surface area contributed by atoms with Crippen LogP contribution in [0.5, 0.6) is 0 Å². The van der Waals surface area contributed by atoms with Crippen LogP contribution in [0.4, 0.5) is 0 Å². The van der Waals surface area contributed by atoms with Gasteiger partial charge in [0.15, 0.2) is 11.1 Å². The SMILES string of the molecule is CC(C)(C)S(=O)O.Cc1cc(Br)cc(C(N)=O)c1Sc1ncccc1CO. The van der Waals surface area contributed by atoms with Gasteiger partial charge in [0.05, 0.1) is 16.9 Å². The maximum atomic E-state index is 11.6. The third-order valence-corrected chi connectivity index (χ3v) is 6.06. The quantitative estimate of drug-likeness (QED) is 0.578. The number of nitrogens with zero attached hydrogens (tertiary/aromatic N) is 1. The van der Waals surface area contributed by atoms with Gasteiger partial charge in [-0.1, -0.05) is 33.8 Å². The van der Waals surface area contributed by atoms with Gasteiger partial charge in [0.2, 0.25) is 5.91 Å². The molecule has 1 heterocycles. The molecule has 2 rings (SSSR count). The van der Waals surface area contributed by atoms with Gasteiger partial charge in [0.25, 0.3) is 0 Å². The highest BCUT2D eigenvalue weighted by Gasteiger charge is 2.16. The summed E-state index contributed by atoms with van der Waals surface area (Å²) in [6.07, 6.45) is 1.65. The summed E-state index contributed by atoms with van der Waals surface area (Å²) in [7, 11) is 0. The number of aliphatic hydroxyl groups excluding tert-OH is 1. The van der Waals surface area contributed by atoms with Crippen molar-refractivity contribution < 1.29 is 18.7 Å². The Morgan fingerprint density at radius 1 is 1.37 bits per heavy atom. The van der Waals surface area contributed by atoms with Crippen LogP contribution in [0.25, 0.3) is 0 Å². The van der Waals surface area contributed by atoms with Crippen LogP contribution in [0.3, 0.4) is 0 Å². The zero-order chi connectivity index (χ0) is 20.8. The Morgan fingerprint density at radius 3 is 2.44 bits per heavy atom. The summed E-state index contributed by atoms with van der Waals surface area (Å²) in [5.41, 5.74) is 7.52. The summed E-state index contributed by atoms with van der Waals surface area (Å²) in [6.45, 7) is 6.94. The summed E-state index contributed by atoms with van der Waals surface area (Å²) < 4.78 is 18.8. The lowest BCUT2D eigenvalue weighted by molar-refractivity contribution is 0.0997. The maximum Gasteiger partial charge on any atom is 0.249 e. The molecule has 9 heteroatoms. The van der Waals surface area contributed by atoms with Gasteiger partial charge in [-0.05, 0) is 51.5 Å². The van der Waals surface area contributed by atoms with E-state index >= 15 is 0 Å². The fourth-order valence-electron chi connectivity index (χ4n) is 1.78. The molecule has 148 valence electrons. The standard InChI is InChI=1S/C14H13BrN2O2S.C4H10O2S/c1-8-5-10(15)6-11(13(16)19)12(8)20-14-9(7-18)3-2-4-17-14;1-4(2,3)7(5)6/h2-6,18H,7H2,1H3,(H2,16,19);1-3H3,(H,5,6). The molecule has 1 amide bonds. The molecule has 1 atom stereocenters. The van der Waals surface area contributed by atoms with Gasteiger partial charge in [-0.2, -0.15) is 0 Å². The van der Waals surface area contributed by atoms with Gasteiger partial charge in [-0.15, -0.1) is 0 Å². The molecular weight excluding hydrogens is 452 g/mol. The summed E-state index contributed by atoms with van der Waals surface area (Å²) in [4.78, 5) is 16.6. The van der Waals surface area contributed by atoms with Gasteiger partial charge in [0.1, 0.15) is 5.03 Å². The number of rotatable bonds is 4. The third kappa shape index (κ3) is 7.34. The molecule has 0 aliphatic heterocycles. The lowest BCUT2D eigenvalue weighted by atomic mass is 10.1. The Bertz CT molecular complexity index is 839. The van der Waals surface area contributed by atoms with Gasteiger partial charge >= 0.3 is 0 Å². The zero-order valence-electron chi connectivity index (χ0n) is 15.5. The van der Waals surface area contributed by atoms with E-state index in [9.17, 15) is 14.1 Å². The minimum Gasteiger partial charge on any atom is -0.392 e. The second kappa shape index (κ2) is 10.3. The molecule has 0 fully saturated rings. The number of primary amides is 1. The Hall–Kier alpha value is -1.26. The fraction of sp³-hybridized carbons (Fsp3) is 0.333. The van der Waals surface area contributed by atoms with Crippen molar-refractivity contribution in [2.75, 3.05) is 0 Å². The van der Waals surface area contributed by atoms with Gasteiger partial charge in [0, 0.05) is 21.1 Å². The predicted molar refractivity (Wildman–Crippen MR) is 112 cm³/mol. The van der Waals surface area contributed by atoms with Crippen LogP contribution < -0.4 is 5.73 Å². The van der Waals surface area contributed by atoms with Crippen molar-refractivity contribution >= 4 is 44.7 Å². The van der Waals surface area contributed by atoms with E-state index in [1.807, 2.05) is 13.0 Å². The van der Waals surface area contributed by atoms with E-state index in [4.69, 9.17) is 10.3 Å². The van der Waals surface area contributed by atoms with E-state index in [0.29, 0.717) is 10.6 Å². The van der Waals surface area contributed by atoms with Crippen LogP contribution in [-0.2, 0) is 17.7 Å². The van der Waals surface area contributed by atoms with Gasteiger partial charge < -0.3 is 15.4 Å². The van der Waals surface area contributed by atoms with Crippen LogP contribution in [-0.4, -0.2) is 29.5 Å². The van der Waals surface area contributed by atoms with E-state index in [-0.39, 0.29) is 6.61 Å². The average molecular weight is 475 g/mol. The van der Waals surface area contributed by atoms with Crippen molar-refractivity contribution in [1.82, 2.24) is 4.98 Å². The molecule has 0 aliphatic carbocycles. The first-order chi connectivity index (χ1) is 12.5. The number of aliphatic hydroxyl groups is 1. The molecule has 0 bridgehead atoms. The Labute approximate surface area is 174 Å². The van der Waals surface area contributed by atoms with E-state index < -0.39 is 21.7 Å². The number of hydrogen-bond donors (Lipinski definition) is 3. The number of carbonyl (C=O) groups excluding carboxylic acids is 1. The summed E-state index contributed by atoms with van der Waals surface area (Å²) in [6, 6.07) is 7.17. The van der Waals surface area contributed by atoms with Gasteiger partial charge in [-0.25, -0.2) is 9.19 Å². The molecule has 0 aliphatic rings. The summed E-state index contributed by atoms with van der Waals surface area (Å²) in [5, 5.41) is 10.0. The number of halogens is 1. The Kier molecular flexibility index (Phi) is 9.10. The van der Waals surface area contributed by atoms with Gasteiger partial charge in [-0.3, -0.25) is 4.79 Å². The maximum absolute atomic E-state index is 11.6. The number of amides is 1. The van der Waals surface area contributed by atoms with Crippen LogP contribution in [0.15, 0.2) is 44.9 Å². The molecule has 4 N–H and O–H groups in total. The molecule has 0 spiro atoms. The number of aryl methyl sites for hydroxylation is 1. The van der Waals surface area contributed by atoms with Crippen LogP contribution in [0.2, 0.25) is 0 Å². The number of carbonyl (C=O) groups is 1. The highest BCUT2D eigenvalue weighted by molar-refractivity contribution is 9.10. The second-order valence-corrected chi connectivity index (χ2v) is 10.2. The monoisotopic (exact) mass is 474 g/mol. The lowest BCUT2D eigenvalue weighted by Gasteiger charge is -2.12. The number of nitrogens with two attached hydrogens (primary N) is 1. The number of aromatic nitrogens is 1. The van der Waals surface area contributed by atoms with Crippen molar-refractivity contribution in [3.05, 3.63) is 51.6 Å². The lowest BCUT2D eigenvalue weighted by Crippen LogP contribution is -2.20. The topological polar surface area (TPSA) is 114 Å². The third-order valence-electron chi connectivity index (χ3n) is 3.25. The molecule has 6 nitrogen and oxygen atoms in total. The van der Waals surface area contributed by atoms with Crippen LogP contribution >= 0.6 is 27.7 Å². The second-order valence-electron chi connectivity index (χ2n) is 6.55. The molecule has 0 saturated carbocycles. The molecule has 2 aromatic rings. The molecule has 0 radical (unpaired) electrons. The average Bonchev–Trinajstić information content (AvgIpc) is 2.57. The molecule has 1 aromatic carbocycles. The molecular formula is C18H23BrN2O4S2. The summed E-state index contributed by atoms with van der Waals surface area (Å²) >= 11 is 3.01. The van der Waals surface area contributed by atoms with E-state index in [1.54, 1.807) is 45.2 Å². The Morgan fingerprint density at radius 2 is 1.96 bits per heavy atom. The highest BCUT2D eigenvalue weighted by atomic mass is 79.9.